The molecule has 0 radical (unpaired) electrons. The lowest BCUT2D eigenvalue weighted by molar-refractivity contribution is 0.0650. The van der Waals surface area contributed by atoms with E-state index < -0.39 is 9.84 Å². The monoisotopic (exact) mass is 426 g/mol. The number of amides is 2. The Balaban J connectivity index is 1.29. The minimum absolute atomic E-state index is 0.0700. The van der Waals surface area contributed by atoms with Crippen LogP contribution in [-0.2, 0) is 28.6 Å². The lowest BCUT2D eigenvalue weighted by Gasteiger charge is -2.29. The van der Waals surface area contributed by atoms with Crippen LogP contribution in [-0.4, -0.2) is 55.9 Å². The third-order valence-corrected chi connectivity index (χ3v) is 6.63. The van der Waals surface area contributed by atoms with Gasteiger partial charge in [0.1, 0.15) is 0 Å². The highest BCUT2D eigenvalue weighted by Crippen LogP contribution is 2.24. The Labute approximate surface area is 177 Å². The molecule has 2 aromatic carbocycles. The molecule has 0 N–H and O–H groups in total. The standard InChI is InChI=1S/C23H26N2O4S/c1-30(28,29)16-17-8-9-18-10-13-24(15-19(18)14-17)11-4-5-12-25-22(26)20-6-2-3-7-21(20)23(25)27/h2-3,6-9,14H,4-5,10-13,15-16H2,1H3. The minimum Gasteiger partial charge on any atom is -0.299 e. The summed E-state index contributed by atoms with van der Waals surface area (Å²) in [5, 5.41) is 0. The number of sulfone groups is 1. The van der Waals surface area contributed by atoms with Gasteiger partial charge in [-0.2, -0.15) is 0 Å². The largest absolute Gasteiger partial charge is 0.299 e. The van der Waals surface area contributed by atoms with Crippen LogP contribution in [0, 0.1) is 0 Å². The topological polar surface area (TPSA) is 74.8 Å². The second-order valence-corrected chi connectivity index (χ2v) is 10.4. The van der Waals surface area contributed by atoms with Crippen molar-refractivity contribution in [3.63, 3.8) is 0 Å². The van der Waals surface area contributed by atoms with Gasteiger partial charge in [-0.1, -0.05) is 30.3 Å². The van der Waals surface area contributed by atoms with E-state index in [0.717, 1.165) is 44.5 Å². The zero-order valence-electron chi connectivity index (χ0n) is 17.1. The van der Waals surface area contributed by atoms with Gasteiger partial charge in [-0.25, -0.2) is 8.42 Å². The molecule has 2 heterocycles. The number of nitrogens with zero attached hydrogens (tertiary/aromatic N) is 2. The lowest BCUT2D eigenvalue weighted by atomic mass is 9.97. The molecule has 2 aliphatic heterocycles. The number of hydrogen-bond donors (Lipinski definition) is 0. The molecular weight excluding hydrogens is 400 g/mol. The summed E-state index contributed by atoms with van der Waals surface area (Å²) in [5.41, 5.74) is 4.32. The summed E-state index contributed by atoms with van der Waals surface area (Å²) < 4.78 is 23.1. The first kappa shape index (κ1) is 20.8. The van der Waals surface area contributed by atoms with Crippen LogP contribution in [0.3, 0.4) is 0 Å². The first-order valence-electron chi connectivity index (χ1n) is 10.3. The molecule has 0 spiro atoms. The zero-order chi connectivity index (χ0) is 21.3. The fraction of sp³-hybridized carbons (Fsp3) is 0.391. The van der Waals surface area contributed by atoms with Crippen molar-refractivity contribution in [2.45, 2.75) is 31.6 Å². The molecule has 6 nitrogen and oxygen atoms in total. The summed E-state index contributed by atoms with van der Waals surface area (Å²) in [6, 6.07) is 13.0. The molecule has 2 aromatic rings. The molecule has 0 saturated heterocycles. The van der Waals surface area contributed by atoms with Gasteiger partial charge in [0.05, 0.1) is 16.9 Å². The molecule has 0 unspecified atom stereocenters. The second kappa shape index (κ2) is 8.32. The van der Waals surface area contributed by atoms with Gasteiger partial charge >= 0.3 is 0 Å². The highest BCUT2D eigenvalue weighted by Gasteiger charge is 2.34. The number of carbonyl (C=O) groups excluding carboxylic acids is 2. The number of hydrogen-bond acceptors (Lipinski definition) is 5. The number of benzene rings is 2. The van der Waals surface area contributed by atoms with E-state index >= 15 is 0 Å². The van der Waals surface area contributed by atoms with Crippen molar-refractivity contribution >= 4 is 21.7 Å². The average Bonchev–Trinajstić information content (AvgIpc) is 2.94. The Morgan fingerprint density at radius 1 is 0.900 bits per heavy atom. The molecule has 0 fully saturated rings. The van der Waals surface area contributed by atoms with Crippen molar-refractivity contribution in [2.75, 3.05) is 25.9 Å². The van der Waals surface area contributed by atoms with Crippen LogP contribution >= 0.6 is 0 Å². The third-order valence-electron chi connectivity index (χ3n) is 5.78. The maximum Gasteiger partial charge on any atom is 0.261 e. The highest BCUT2D eigenvalue weighted by atomic mass is 32.2. The van der Waals surface area contributed by atoms with Crippen molar-refractivity contribution in [1.29, 1.82) is 0 Å². The Morgan fingerprint density at radius 2 is 1.57 bits per heavy atom. The van der Waals surface area contributed by atoms with Crippen LogP contribution in [0.15, 0.2) is 42.5 Å². The SMILES string of the molecule is CS(=O)(=O)Cc1ccc2c(c1)CN(CCCCN1C(=O)c3ccccc3C1=O)CC2. The van der Waals surface area contributed by atoms with Crippen LogP contribution in [0.25, 0.3) is 0 Å². The van der Waals surface area contributed by atoms with Gasteiger partial charge in [-0.05, 0) is 54.6 Å². The van der Waals surface area contributed by atoms with Crippen molar-refractivity contribution < 1.29 is 18.0 Å². The average molecular weight is 427 g/mol. The first-order valence-corrected chi connectivity index (χ1v) is 12.3. The molecule has 2 amide bonds. The highest BCUT2D eigenvalue weighted by molar-refractivity contribution is 7.89. The number of carbonyl (C=O) groups is 2. The summed E-state index contributed by atoms with van der Waals surface area (Å²) in [7, 11) is -3.05. The van der Waals surface area contributed by atoms with Crippen LogP contribution in [0.2, 0.25) is 0 Å². The molecule has 30 heavy (non-hydrogen) atoms. The molecule has 0 bridgehead atoms. The summed E-state index contributed by atoms with van der Waals surface area (Å²) in [4.78, 5) is 28.6. The number of rotatable bonds is 7. The van der Waals surface area contributed by atoms with E-state index in [9.17, 15) is 18.0 Å². The molecule has 0 aromatic heterocycles. The Morgan fingerprint density at radius 3 is 2.23 bits per heavy atom. The summed E-state index contributed by atoms with van der Waals surface area (Å²) in [6.07, 6.45) is 3.87. The fourth-order valence-electron chi connectivity index (χ4n) is 4.30. The van der Waals surface area contributed by atoms with Gasteiger partial charge < -0.3 is 0 Å². The van der Waals surface area contributed by atoms with E-state index in [-0.39, 0.29) is 17.6 Å². The summed E-state index contributed by atoms with van der Waals surface area (Å²) >= 11 is 0. The second-order valence-electron chi connectivity index (χ2n) is 8.21. The Kier molecular flexibility index (Phi) is 5.75. The summed E-state index contributed by atoms with van der Waals surface area (Å²) in [5.74, 6) is -0.317. The minimum atomic E-state index is -3.05. The predicted molar refractivity (Wildman–Crippen MR) is 115 cm³/mol. The normalized spacial score (nSPS) is 16.6. The van der Waals surface area contributed by atoms with Gasteiger partial charge in [0.2, 0.25) is 0 Å². The van der Waals surface area contributed by atoms with Crippen LogP contribution in [0.4, 0.5) is 0 Å². The first-order chi connectivity index (χ1) is 14.3. The lowest BCUT2D eigenvalue weighted by Crippen LogP contribution is -2.33. The molecule has 0 saturated carbocycles. The number of fused-ring (bicyclic) bond motifs is 2. The van der Waals surface area contributed by atoms with Gasteiger partial charge in [0, 0.05) is 25.9 Å². The third kappa shape index (κ3) is 4.47. The molecule has 7 heteroatoms. The van der Waals surface area contributed by atoms with E-state index in [1.54, 1.807) is 24.3 Å². The predicted octanol–water partition coefficient (Wildman–Crippen LogP) is 2.67. The van der Waals surface area contributed by atoms with E-state index in [1.165, 1.54) is 22.3 Å². The fourth-order valence-corrected chi connectivity index (χ4v) is 5.08. The van der Waals surface area contributed by atoms with Crippen LogP contribution in [0.1, 0.15) is 50.2 Å². The van der Waals surface area contributed by atoms with E-state index in [4.69, 9.17) is 0 Å². The van der Waals surface area contributed by atoms with E-state index in [0.29, 0.717) is 17.7 Å². The van der Waals surface area contributed by atoms with Gasteiger partial charge in [0.15, 0.2) is 9.84 Å². The maximum absolute atomic E-state index is 12.4. The molecule has 0 atom stereocenters. The van der Waals surface area contributed by atoms with Gasteiger partial charge in [-0.15, -0.1) is 0 Å². The van der Waals surface area contributed by atoms with Crippen molar-refractivity contribution in [2.24, 2.45) is 0 Å². The summed E-state index contributed by atoms with van der Waals surface area (Å²) in [6.45, 7) is 3.10. The van der Waals surface area contributed by atoms with E-state index in [1.807, 2.05) is 12.1 Å². The Bertz CT molecular complexity index is 1060. The maximum atomic E-state index is 12.4. The zero-order valence-corrected chi connectivity index (χ0v) is 18.0. The van der Waals surface area contributed by atoms with Crippen molar-refractivity contribution in [3.8, 4) is 0 Å². The molecule has 158 valence electrons. The molecular formula is C23H26N2O4S. The molecule has 2 aliphatic rings. The van der Waals surface area contributed by atoms with Crippen LogP contribution < -0.4 is 0 Å². The number of unbranched alkanes of at least 4 members (excludes halogenated alkanes) is 1. The molecule has 4 rings (SSSR count). The van der Waals surface area contributed by atoms with Crippen LogP contribution in [0.5, 0.6) is 0 Å². The van der Waals surface area contributed by atoms with Gasteiger partial charge in [0.25, 0.3) is 11.8 Å². The van der Waals surface area contributed by atoms with Crippen molar-refractivity contribution in [3.05, 3.63) is 70.3 Å². The quantitative estimate of drug-likeness (QED) is 0.503. The number of imide groups is 1. The van der Waals surface area contributed by atoms with Crippen molar-refractivity contribution in [1.82, 2.24) is 9.80 Å². The van der Waals surface area contributed by atoms with E-state index in [2.05, 4.69) is 11.0 Å². The van der Waals surface area contributed by atoms with Gasteiger partial charge in [-0.3, -0.25) is 19.4 Å². The molecule has 0 aliphatic carbocycles. The Hall–Kier alpha value is -2.51. The smallest absolute Gasteiger partial charge is 0.261 e.